The highest BCUT2D eigenvalue weighted by Crippen LogP contribution is 2.44. The first-order valence-electron chi connectivity index (χ1n) is 10.8. The summed E-state index contributed by atoms with van der Waals surface area (Å²) in [5.41, 5.74) is 0.621. The summed E-state index contributed by atoms with van der Waals surface area (Å²) >= 11 is 0. The molecule has 180 valence electrons. The highest BCUT2D eigenvalue weighted by molar-refractivity contribution is 5.95. The number of ether oxygens (including phenoxy) is 5. The van der Waals surface area contributed by atoms with Gasteiger partial charge < -0.3 is 39.6 Å². The molecule has 0 spiro atoms. The third kappa shape index (κ3) is 5.50. The summed E-state index contributed by atoms with van der Waals surface area (Å²) in [6.45, 7) is 6.41. The fourth-order valence-corrected chi connectivity index (χ4v) is 4.06. The van der Waals surface area contributed by atoms with Crippen LogP contribution in [0.25, 0.3) is 0 Å². The van der Waals surface area contributed by atoms with E-state index in [1.54, 1.807) is 52.0 Å². The molecule has 33 heavy (non-hydrogen) atoms. The van der Waals surface area contributed by atoms with Crippen LogP contribution in [0.5, 0.6) is 0 Å². The van der Waals surface area contributed by atoms with Crippen molar-refractivity contribution in [1.29, 1.82) is 0 Å². The summed E-state index contributed by atoms with van der Waals surface area (Å²) in [4.78, 5) is 37.0. The van der Waals surface area contributed by atoms with Crippen molar-refractivity contribution in [2.45, 2.75) is 70.0 Å². The van der Waals surface area contributed by atoms with Gasteiger partial charge in [0.1, 0.15) is 18.3 Å². The quantitative estimate of drug-likeness (QED) is 0.547. The molecule has 3 amide bonds. The number of fused-ring (bicyclic) bond motifs is 3. The van der Waals surface area contributed by atoms with Crippen LogP contribution in [0.4, 0.5) is 5.69 Å². The minimum atomic E-state index is -1.07. The molecule has 0 aliphatic carbocycles. The summed E-state index contributed by atoms with van der Waals surface area (Å²) in [7, 11) is 0. The molecule has 3 fully saturated rings. The fraction of sp³-hybridized carbons (Fsp3) is 0.591. The number of para-hydroxylation sites is 1. The molecule has 5 unspecified atom stereocenters. The molecule has 3 N–H and O–H groups in total. The van der Waals surface area contributed by atoms with E-state index in [1.807, 2.05) is 6.07 Å². The molecule has 5 atom stereocenters. The van der Waals surface area contributed by atoms with Crippen LogP contribution in [-0.4, -0.2) is 73.1 Å². The number of rotatable bonds is 6. The molecule has 3 aliphatic heterocycles. The Morgan fingerprint density at radius 3 is 2.12 bits per heavy atom. The van der Waals surface area contributed by atoms with E-state index in [0.29, 0.717) is 5.69 Å². The molecular weight excluding hydrogens is 434 g/mol. The second-order valence-electron chi connectivity index (χ2n) is 9.00. The van der Waals surface area contributed by atoms with Gasteiger partial charge in [-0.25, -0.2) is 0 Å². The standard InChI is InChI=1S/C22H29N3O8/c1-21(2)30-15-16(31-21)18-20(33-22(3,4)32-18)29-17(15)19(28)24-10-13(26)23-11-14(27)25-12-8-6-5-7-9-12/h5-9,15-18,20H,10-11H2,1-4H3,(H,23,26)(H,24,28)(H,25,27). The van der Waals surface area contributed by atoms with Crippen LogP contribution in [0.3, 0.4) is 0 Å². The van der Waals surface area contributed by atoms with Crippen LogP contribution in [0.1, 0.15) is 27.7 Å². The van der Waals surface area contributed by atoms with Gasteiger partial charge in [0.15, 0.2) is 24.0 Å². The lowest BCUT2D eigenvalue weighted by Gasteiger charge is -2.36. The lowest BCUT2D eigenvalue weighted by molar-refractivity contribution is -0.231. The summed E-state index contributed by atoms with van der Waals surface area (Å²) in [5.74, 6) is -3.30. The van der Waals surface area contributed by atoms with Gasteiger partial charge in [-0.05, 0) is 39.8 Å². The maximum atomic E-state index is 12.9. The fourth-order valence-electron chi connectivity index (χ4n) is 4.06. The van der Waals surface area contributed by atoms with Crippen LogP contribution >= 0.6 is 0 Å². The number of carbonyl (C=O) groups excluding carboxylic acids is 3. The van der Waals surface area contributed by atoms with Crippen molar-refractivity contribution in [1.82, 2.24) is 10.6 Å². The number of hydrogen-bond acceptors (Lipinski definition) is 8. The maximum absolute atomic E-state index is 12.9. The first-order valence-corrected chi connectivity index (χ1v) is 10.8. The van der Waals surface area contributed by atoms with Crippen molar-refractivity contribution in [3.63, 3.8) is 0 Å². The molecule has 3 heterocycles. The van der Waals surface area contributed by atoms with Crippen molar-refractivity contribution in [2.75, 3.05) is 18.4 Å². The molecule has 4 rings (SSSR count). The van der Waals surface area contributed by atoms with Gasteiger partial charge >= 0.3 is 0 Å². The van der Waals surface area contributed by atoms with E-state index in [1.165, 1.54) is 0 Å². The zero-order valence-electron chi connectivity index (χ0n) is 19.0. The molecular formula is C22H29N3O8. The van der Waals surface area contributed by atoms with Gasteiger partial charge in [0.25, 0.3) is 5.91 Å². The first kappa shape index (κ1) is 23.6. The van der Waals surface area contributed by atoms with Gasteiger partial charge in [0, 0.05) is 5.69 Å². The summed E-state index contributed by atoms with van der Waals surface area (Å²) < 4.78 is 29.4. The van der Waals surface area contributed by atoms with E-state index in [0.717, 1.165) is 0 Å². The van der Waals surface area contributed by atoms with Crippen LogP contribution in [0.15, 0.2) is 30.3 Å². The molecule has 1 aromatic carbocycles. The lowest BCUT2D eigenvalue weighted by Crippen LogP contribution is -2.60. The zero-order chi connectivity index (χ0) is 23.8. The maximum Gasteiger partial charge on any atom is 0.252 e. The number of anilines is 1. The van der Waals surface area contributed by atoms with Gasteiger partial charge in [0.2, 0.25) is 11.8 Å². The topological polar surface area (TPSA) is 133 Å². The van der Waals surface area contributed by atoms with E-state index in [9.17, 15) is 14.4 Å². The van der Waals surface area contributed by atoms with Gasteiger partial charge in [-0.15, -0.1) is 0 Å². The number of hydrogen-bond donors (Lipinski definition) is 3. The monoisotopic (exact) mass is 463 g/mol. The zero-order valence-corrected chi connectivity index (χ0v) is 19.0. The van der Waals surface area contributed by atoms with Gasteiger partial charge in [0.05, 0.1) is 13.1 Å². The van der Waals surface area contributed by atoms with Crippen molar-refractivity contribution in [3.8, 4) is 0 Å². The second-order valence-corrected chi connectivity index (χ2v) is 9.00. The average molecular weight is 463 g/mol. The Hall–Kier alpha value is -2.57. The Balaban J connectivity index is 1.29. The van der Waals surface area contributed by atoms with E-state index < -0.39 is 54.1 Å². The minimum absolute atomic E-state index is 0.233. The largest absolute Gasteiger partial charge is 0.345 e. The third-order valence-corrected chi connectivity index (χ3v) is 5.34. The second kappa shape index (κ2) is 8.99. The van der Waals surface area contributed by atoms with Crippen LogP contribution in [-0.2, 0) is 38.1 Å². The number of nitrogens with one attached hydrogen (secondary N) is 3. The SMILES string of the molecule is CC1(C)OC2OC(C(=O)NCC(=O)NCC(=O)Nc3ccccc3)C3OC(C)(C)OC3C2O1. The van der Waals surface area contributed by atoms with E-state index in [-0.39, 0.29) is 19.0 Å². The third-order valence-electron chi connectivity index (χ3n) is 5.34. The molecule has 0 saturated carbocycles. The molecule has 3 aliphatic rings. The Labute approximate surface area is 191 Å². The highest BCUT2D eigenvalue weighted by Gasteiger charge is 2.62. The van der Waals surface area contributed by atoms with Crippen molar-refractivity contribution in [3.05, 3.63) is 30.3 Å². The normalized spacial score (nSPS) is 31.2. The Bertz CT molecular complexity index is 906. The lowest BCUT2D eigenvalue weighted by atomic mass is 9.98. The molecule has 3 saturated heterocycles. The molecule has 11 nitrogen and oxygen atoms in total. The van der Waals surface area contributed by atoms with E-state index >= 15 is 0 Å². The van der Waals surface area contributed by atoms with Gasteiger partial charge in [-0.3, -0.25) is 14.4 Å². The predicted octanol–water partition coefficient (Wildman–Crippen LogP) is 0.254. The van der Waals surface area contributed by atoms with Crippen LogP contribution < -0.4 is 16.0 Å². The smallest absolute Gasteiger partial charge is 0.252 e. The van der Waals surface area contributed by atoms with Gasteiger partial charge in [-0.1, -0.05) is 18.2 Å². The van der Waals surface area contributed by atoms with Crippen LogP contribution in [0, 0.1) is 0 Å². The van der Waals surface area contributed by atoms with E-state index in [4.69, 9.17) is 23.7 Å². The van der Waals surface area contributed by atoms with Gasteiger partial charge in [-0.2, -0.15) is 0 Å². The molecule has 0 radical (unpaired) electrons. The Morgan fingerprint density at radius 1 is 0.788 bits per heavy atom. The van der Waals surface area contributed by atoms with Crippen molar-refractivity contribution < 1.29 is 38.1 Å². The molecule has 0 bridgehead atoms. The molecule has 11 heteroatoms. The Morgan fingerprint density at radius 2 is 1.39 bits per heavy atom. The summed E-state index contributed by atoms with van der Waals surface area (Å²) in [6, 6.07) is 8.87. The summed E-state index contributed by atoms with van der Waals surface area (Å²) in [5, 5.41) is 7.65. The van der Waals surface area contributed by atoms with Crippen molar-refractivity contribution in [2.24, 2.45) is 0 Å². The number of amides is 3. The molecule has 0 aromatic heterocycles. The van der Waals surface area contributed by atoms with Crippen molar-refractivity contribution >= 4 is 23.4 Å². The molecule has 1 aromatic rings. The van der Waals surface area contributed by atoms with Crippen LogP contribution in [0.2, 0.25) is 0 Å². The van der Waals surface area contributed by atoms with E-state index in [2.05, 4.69) is 16.0 Å². The average Bonchev–Trinajstić information content (AvgIpc) is 3.24. The number of benzene rings is 1. The number of carbonyl (C=O) groups is 3. The highest BCUT2D eigenvalue weighted by atomic mass is 16.9. The summed E-state index contributed by atoms with van der Waals surface area (Å²) in [6.07, 6.45) is -3.75. The predicted molar refractivity (Wildman–Crippen MR) is 114 cm³/mol. The Kier molecular flexibility index (Phi) is 6.43. The minimum Gasteiger partial charge on any atom is -0.345 e. The first-order chi connectivity index (χ1) is 15.5.